The Morgan fingerprint density at radius 2 is 1.94 bits per heavy atom. The first-order valence-corrected chi connectivity index (χ1v) is 5.80. The van der Waals surface area contributed by atoms with E-state index in [4.69, 9.17) is 4.74 Å². The molecule has 0 saturated carbocycles. The van der Waals surface area contributed by atoms with Crippen molar-refractivity contribution in [1.82, 2.24) is 0 Å². The van der Waals surface area contributed by atoms with Crippen LogP contribution in [0.4, 0.5) is 0 Å². The fraction of sp³-hybridized carbons (Fsp3) is 0.571. The predicted octanol–water partition coefficient (Wildman–Crippen LogP) is 3.32. The van der Waals surface area contributed by atoms with E-state index >= 15 is 0 Å². The van der Waals surface area contributed by atoms with E-state index in [1.54, 1.807) is 7.11 Å². The number of benzene rings is 1. The van der Waals surface area contributed by atoms with E-state index in [1.807, 2.05) is 26.8 Å². The molecular formula is C14H22O2. The highest BCUT2D eigenvalue weighted by Gasteiger charge is 2.27. The van der Waals surface area contributed by atoms with Crippen molar-refractivity contribution in [3.8, 4) is 5.75 Å². The molecule has 1 aromatic carbocycles. The Bertz CT molecular complexity index is 367. The van der Waals surface area contributed by atoms with Gasteiger partial charge < -0.3 is 9.84 Å². The van der Waals surface area contributed by atoms with Crippen molar-refractivity contribution in [3.63, 3.8) is 0 Å². The van der Waals surface area contributed by atoms with Crippen LogP contribution >= 0.6 is 0 Å². The SMILES string of the molecule is CCCC(C)(O)c1c(C)cc(C)cc1OC. The zero-order valence-electron chi connectivity index (χ0n) is 10.9. The number of aliphatic hydroxyl groups is 1. The number of aryl methyl sites for hydroxylation is 2. The van der Waals surface area contributed by atoms with E-state index in [-0.39, 0.29) is 0 Å². The Kier molecular flexibility index (Phi) is 3.98. The molecule has 1 atom stereocenters. The lowest BCUT2D eigenvalue weighted by Gasteiger charge is -2.27. The average molecular weight is 222 g/mol. The highest BCUT2D eigenvalue weighted by Crippen LogP contribution is 2.36. The van der Waals surface area contributed by atoms with E-state index in [2.05, 4.69) is 13.0 Å². The molecular weight excluding hydrogens is 200 g/mol. The van der Waals surface area contributed by atoms with E-state index in [9.17, 15) is 5.11 Å². The second-order valence-electron chi connectivity index (χ2n) is 4.68. The molecule has 0 aliphatic rings. The molecule has 16 heavy (non-hydrogen) atoms. The van der Waals surface area contributed by atoms with Crippen molar-refractivity contribution >= 4 is 0 Å². The minimum absolute atomic E-state index is 0.743. The van der Waals surface area contributed by atoms with Gasteiger partial charge >= 0.3 is 0 Å². The van der Waals surface area contributed by atoms with Gasteiger partial charge in [-0.05, 0) is 44.4 Å². The largest absolute Gasteiger partial charge is 0.496 e. The molecule has 0 amide bonds. The molecule has 2 heteroatoms. The van der Waals surface area contributed by atoms with Crippen LogP contribution in [0.2, 0.25) is 0 Å². The summed E-state index contributed by atoms with van der Waals surface area (Å²) in [6.07, 6.45) is 1.69. The van der Waals surface area contributed by atoms with Crippen molar-refractivity contribution in [2.24, 2.45) is 0 Å². The van der Waals surface area contributed by atoms with Crippen molar-refractivity contribution in [1.29, 1.82) is 0 Å². The van der Waals surface area contributed by atoms with Crippen LogP contribution in [0.15, 0.2) is 12.1 Å². The minimum Gasteiger partial charge on any atom is -0.496 e. The molecule has 0 heterocycles. The van der Waals surface area contributed by atoms with Crippen LogP contribution in [0, 0.1) is 13.8 Å². The van der Waals surface area contributed by atoms with E-state index in [0.29, 0.717) is 0 Å². The van der Waals surface area contributed by atoms with Crippen molar-refractivity contribution in [2.45, 2.75) is 46.1 Å². The molecule has 0 aromatic heterocycles. The molecule has 0 aliphatic heterocycles. The molecule has 2 nitrogen and oxygen atoms in total. The van der Waals surface area contributed by atoms with Gasteiger partial charge in [-0.3, -0.25) is 0 Å². The molecule has 0 spiro atoms. The molecule has 0 radical (unpaired) electrons. The summed E-state index contributed by atoms with van der Waals surface area (Å²) in [7, 11) is 1.65. The average Bonchev–Trinajstić information content (AvgIpc) is 2.15. The highest BCUT2D eigenvalue weighted by molar-refractivity contribution is 5.46. The summed E-state index contributed by atoms with van der Waals surface area (Å²) in [4.78, 5) is 0. The van der Waals surface area contributed by atoms with Crippen LogP contribution < -0.4 is 4.74 Å². The standard InChI is InChI=1S/C14H22O2/c1-6-7-14(4,15)13-11(3)8-10(2)9-12(13)16-5/h8-9,15H,6-7H2,1-5H3. The van der Waals surface area contributed by atoms with E-state index in [1.165, 1.54) is 0 Å². The topological polar surface area (TPSA) is 29.5 Å². The first kappa shape index (κ1) is 13.0. The maximum atomic E-state index is 10.5. The Morgan fingerprint density at radius 3 is 2.44 bits per heavy atom. The Morgan fingerprint density at radius 1 is 1.31 bits per heavy atom. The molecule has 90 valence electrons. The normalized spacial score (nSPS) is 14.6. The van der Waals surface area contributed by atoms with Gasteiger partial charge in [0.2, 0.25) is 0 Å². The van der Waals surface area contributed by atoms with Gasteiger partial charge in [0.15, 0.2) is 0 Å². The molecule has 1 aromatic rings. The maximum absolute atomic E-state index is 10.5. The minimum atomic E-state index is -0.808. The number of methoxy groups -OCH3 is 1. The fourth-order valence-electron chi connectivity index (χ4n) is 2.39. The lowest BCUT2D eigenvalue weighted by atomic mass is 9.86. The van der Waals surface area contributed by atoms with E-state index in [0.717, 1.165) is 35.3 Å². The van der Waals surface area contributed by atoms with Crippen LogP contribution in [0.25, 0.3) is 0 Å². The molecule has 0 bridgehead atoms. The number of ether oxygens (including phenoxy) is 1. The zero-order chi connectivity index (χ0) is 12.3. The molecule has 0 aliphatic carbocycles. The maximum Gasteiger partial charge on any atom is 0.125 e. The summed E-state index contributed by atoms with van der Waals surface area (Å²) in [6.45, 7) is 7.99. The van der Waals surface area contributed by atoms with Crippen LogP contribution in [-0.4, -0.2) is 12.2 Å². The quantitative estimate of drug-likeness (QED) is 0.846. The number of hydrogen-bond donors (Lipinski definition) is 1. The molecule has 0 fully saturated rings. The monoisotopic (exact) mass is 222 g/mol. The molecule has 1 N–H and O–H groups in total. The third kappa shape index (κ3) is 2.56. The zero-order valence-corrected chi connectivity index (χ0v) is 10.9. The van der Waals surface area contributed by atoms with Crippen molar-refractivity contribution in [2.75, 3.05) is 7.11 Å². The highest BCUT2D eigenvalue weighted by atomic mass is 16.5. The van der Waals surface area contributed by atoms with E-state index < -0.39 is 5.60 Å². The van der Waals surface area contributed by atoms with Crippen molar-refractivity contribution in [3.05, 3.63) is 28.8 Å². The Balaban J connectivity index is 3.31. The van der Waals surface area contributed by atoms with Crippen LogP contribution in [-0.2, 0) is 5.60 Å². The summed E-state index contributed by atoms with van der Waals surface area (Å²) < 4.78 is 5.38. The summed E-state index contributed by atoms with van der Waals surface area (Å²) in [6, 6.07) is 4.06. The third-order valence-electron chi connectivity index (χ3n) is 2.94. The Hall–Kier alpha value is -1.02. The fourth-order valence-corrected chi connectivity index (χ4v) is 2.39. The van der Waals surface area contributed by atoms with Gasteiger partial charge in [0.05, 0.1) is 12.7 Å². The van der Waals surface area contributed by atoms with Crippen molar-refractivity contribution < 1.29 is 9.84 Å². The van der Waals surface area contributed by atoms with Gasteiger partial charge in [0.1, 0.15) is 5.75 Å². The second kappa shape index (κ2) is 4.88. The van der Waals surface area contributed by atoms with Gasteiger partial charge in [-0.25, -0.2) is 0 Å². The molecule has 1 rings (SSSR count). The van der Waals surface area contributed by atoms with Gasteiger partial charge in [-0.1, -0.05) is 19.4 Å². The number of rotatable bonds is 4. The van der Waals surface area contributed by atoms with Gasteiger partial charge in [-0.15, -0.1) is 0 Å². The van der Waals surface area contributed by atoms with Crippen LogP contribution in [0.1, 0.15) is 43.4 Å². The summed E-state index contributed by atoms with van der Waals surface area (Å²) in [5, 5.41) is 10.5. The number of hydrogen-bond acceptors (Lipinski definition) is 2. The lowest BCUT2D eigenvalue weighted by Crippen LogP contribution is -2.23. The van der Waals surface area contributed by atoms with Gasteiger partial charge in [0.25, 0.3) is 0 Å². The van der Waals surface area contributed by atoms with Gasteiger partial charge in [-0.2, -0.15) is 0 Å². The first-order valence-electron chi connectivity index (χ1n) is 5.80. The molecule has 0 saturated heterocycles. The van der Waals surface area contributed by atoms with Crippen LogP contribution in [0.3, 0.4) is 0 Å². The predicted molar refractivity (Wildman–Crippen MR) is 66.9 cm³/mol. The smallest absolute Gasteiger partial charge is 0.125 e. The first-order chi connectivity index (χ1) is 7.42. The van der Waals surface area contributed by atoms with Crippen LogP contribution in [0.5, 0.6) is 5.75 Å². The Labute approximate surface area is 98.3 Å². The summed E-state index contributed by atoms with van der Waals surface area (Å²) in [5.41, 5.74) is 2.36. The third-order valence-corrected chi connectivity index (χ3v) is 2.94. The summed E-state index contributed by atoms with van der Waals surface area (Å²) >= 11 is 0. The lowest BCUT2D eigenvalue weighted by molar-refractivity contribution is 0.0438. The van der Waals surface area contributed by atoms with Gasteiger partial charge in [0, 0.05) is 5.56 Å². The molecule has 1 unspecified atom stereocenters. The summed E-state index contributed by atoms with van der Waals surface area (Å²) in [5.74, 6) is 0.788. The second-order valence-corrected chi connectivity index (χ2v) is 4.68.